The predicted octanol–water partition coefficient (Wildman–Crippen LogP) is 2.20. The average molecular weight is 297 g/mol. The van der Waals surface area contributed by atoms with E-state index in [1.165, 1.54) is 0 Å². The number of rotatable bonds is 4. The Labute approximate surface area is 128 Å². The number of fused-ring (bicyclic) bond motifs is 1. The summed E-state index contributed by atoms with van der Waals surface area (Å²) in [6.45, 7) is 6.28. The van der Waals surface area contributed by atoms with Crippen molar-refractivity contribution in [2.75, 3.05) is 11.9 Å². The van der Waals surface area contributed by atoms with Gasteiger partial charge in [0.15, 0.2) is 5.65 Å². The molecular weight excluding hydrogens is 278 g/mol. The fraction of sp³-hybridized carbons (Fsp3) is 0.312. The Morgan fingerprint density at radius 1 is 1.27 bits per heavy atom. The summed E-state index contributed by atoms with van der Waals surface area (Å²) < 4.78 is 1.78. The van der Waals surface area contributed by atoms with Crippen LogP contribution in [0.3, 0.4) is 0 Å². The van der Waals surface area contributed by atoms with E-state index in [0.29, 0.717) is 12.2 Å². The van der Waals surface area contributed by atoms with Crippen molar-refractivity contribution in [2.45, 2.75) is 26.9 Å². The Morgan fingerprint density at radius 3 is 2.82 bits per heavy atom. The van der Waals surface area contributed by atoms with Crippen molar-refractivity contribution < 1.29 is 5.11 Å². The number of aliphatic hydroxyl groups is 1. The first kappa shape index (κ1) is 14.5. The molecule has 0 radical (unpaired) electrons. The molecule has 0 saturated heterocycles. The summed E-state index contributed by atoms with van der Waals surface area (Å²) in [4.78, 5) is 8.69. The first-order valence-corrected chi connectivity index (χ1v) is 7.22. The van der Waals surface area contributed by atoms with Crippen LogP contribution >= 0.6 is 0 Å². The molecule has 6 nitrogen and oxygen atoms in total. The van der Waals surface area contributed by atoms with E-state index in [-0.39, 0.29) is 0 Å². The van der Waals surface area contributed by atoms with Gasteiger partial charge in [0, 0.05) is 30.1 Å². The van der Waals surface area contributed by atoms with Crippen molar-refractivity contribution in [3.05, 3.63) is 53.1 Å². The highest BCUT2D eigenvalue weighted by Gasteiger charge is 2.13. The summed E-state index contributed by atoms with van der Waals surface area (Å²) in [5.41, 5.74) is 4.41. The van der Waals surface area contributed by atoms with Gasteiger partial charge < -0.3 is 10.4 Å². The van der Waals surface area contributed by atoms with Crippen LogP contribution in [0.2, 0.25) is 0 Å². The van der Waals surface area contributed by atoms with E-state index in [1.54, 1.807) is 10.7 Å². The van der Waals surface area contributed by atoms with E-state index in [1.807, 2.05) is 45.0 Å². The lowest BCUT2D eigenvalue weighted by molar-refractivity contribution is 0.186. The highest BCUT2D eigenvalue weighted by molar-refractivity contribution is 5.55. The number of hydrogen-bond acceptors (Lipinski definition) is 5. The molecule has 114 valence electrons. The number of anilines is 1. The highest BCUT2D eigenvalue weighted by Crippen LogP contribution is 2.19. The van der Waals surface area contributed by atoms with Crippen LogP contribution in [-0.4, -0.2) is 31.2 Å². The van der Waals surface area contributed by atoms with E-state index < -0.39 is 6.10 Å². The van der Waals surface area contributed by atoms with Crippen molar-refractivity contribution >= 4 is 11.5 Å². The molecule has 22 heavy (non-hydrogen) atoms. The predicted molar refractivity (Wildman–Crippen MR) is 84.9 cm³/mol. The summed E-state index contributed by atoms with van der Waals surface area (Å²) in [6, 6.07) is 7.42. The van der Waals surface area contributed by atoms with Gasteiger partial charge in [0.1, 0.15) is 11.9 Å². The monoisotopic (exact) mass is 297 g/mol. The standard InChI is InChI=1S/C16H19N5O/c1-10-8-15(21-16(19-10)11(2)12(3)20-21)18-9-14(22)13-6-4-5-7-17-13/h4-8,14,18,22H,9H2,1-3H3/t14-/m1/s1. The largest absolute Gasteiger partial charge is 0.385 e. The molecule has 0 fully saturated rings. The van der Waals surface area contributed by atoms with Crippen LogP contribution < -0.4 is 5.32 Å². The molecular formula is C16H19N5O. The summed E-state index contributed by atoms with van der Waals surface area (Å²) in [7, 11) is 0. The Bertz CT molecular complexity index is 797. The van der Waals surface area contributed by atoms with Crippen LogP contribution in [0.1, 0.15) is 28.7 Å². The molecule has 1 atom stereocenters. The molecule has 0 amide bonds. The van der Waals surface area contributed by atoms with Crippen molar-refractivity contribution in [3.63, 3.8) is 0 Å². The number of aromatic nitrogens is 4. The van der Waals surface area contributed by atoms with E-state index in [9.17, 15) is 5.11 Å². The summed E-state index contributed by atoms with van der Waals surface area (Å²) >= 11 is 0. The molecule has 3 rings (SSSR count). The Balaban J connectivity index is 1.86. The molecule has 3 aromatic heterocycles. The SMILES string of the molecule is Cc1cc(NC[C@@H](O)c2ccccn2)n2nc(C)c(C)c2n1. The van der Waals surface area contributed by atoms with Crippen LogP contribution in [-0.2, 0) is 0 Å². The molecule has 0 aliphatic rings. The first-order valence-electron chi connectivity index (χ1n) is 7.22. The van der Waals surface area contributed by atoms with Crippen molar-refractivity contribution in [3.8, 4) is 0 Å². The molecule has 0 spiro atoms. The smallest absolute Gasteiger partial charge is 0.160 e. The summed E-state index contributed by atoms with van der Waals surface area (Å²) in [5, 5.41) is 17.9. The van der Waals surface area contributed by atoms with E-state index >= 15 is 0 Å². The fourth-order valence-electron chi connectivity index (χ4n) is 2.36. The molecule has 0 unspecified atom stereocenters. The van der Waals surface area contributed by atoms with Gasteiger partial charge in [0.2, 0.25) is 0 Å². The minimum absolute atomic E-state index is 0.355. The minimum atomic E-state index is -0.678. The Morgan fingerprint density at radius 2 is 2.09 bits per heavy atom. The highest BCUT2D eigenvalue weighted by atomic mass is 16.3. The third-order valence-corrected chi connectivity index (χ3v) is 3.69. The van der Waals surface area contributed by atoms with Crippen molar-refractivity contribution in [1.82, 2.24) is 19.6 Å². The van der Waals surface area contributed by atoms with Gasteiger partial charge in [-0.2, -0.15) is 9.61 Å². The third-order valence-electron chi connectivity index (χ3n) is 3.69. The summed E-state index contributed by atoms with van der Waals surface area (Å²) in [6.07, 6.45) is 0.996. The number of aliphatic hydroxyl groups excluding tert-OH is 1. The van der Waals surface area contributed by atoms with Crippen LogP contribution in [0.5, 0.6) is 0 Å². The zero-order valence-electron chi connectivity index (χ0n) is 12.9. The van der Waals surface area contributed by atoms with Crippen LogP contribution in [0.25, 0.3) is 5.65 Å². The molecule has 0 aliphatic carbocycles. The van der Waals surface area contributed by atoms with Gasteiger partial charge in [0.25, 0.3) is 0 Å². The average Bonchev–Trinajstić information content (AvgIpc) is 2.81. The van der Waals surface area contributed by atoms with Crippen molar-refractivity contribution in [2.24, 2.45) is 0 Å². The van der Waals surface area contributed by atoms with Gasteiger partial charge >= 0.3 is 0 Å². The number of nitrogens with zero attached hydrogens (tertiary/aromatic N) is 4. The third kappa shape index (κ3) is 2.65. The topological polar surface area (TPSA) is 75.3 Å². The minimum Gasteiger partial charge on any atom is -0.385 e. The second kappa shape index (κ2) is 5.73. The first-order chi connectivity index (χ1) is 10.6. The maximum absolute atomic E-state index is 10.2. The lowest BCUT2D eigenvalue weighted by atomic mass is 10.2. The van der Waals surface area contributed by atoms with E-state index in [0.717, 1.165) is 28.4 Å². The number of nitrogens with one attached hydrogen (secondary N) is 1. The lowest BCUT2D eigenvalue weighted by Crippen LogP contribution is -2.15. The van der Waals surface area contributed by atoms with Gasteiger partial charge in [-0.15, -0.1) is 0 Å². The molecule has 0 saturated carbocycles. The molecule has 6 heteroatoms. The lowest BCUT2D eigenvalue weighted by Gasteiger charge is -2.13. The van der Waals surface area contributed by atoms with Gasteiger partial charge in [-0.1, -0.05) is 6.07 Å². The maximum atomic E-state index is 10.2. The van der Waals surface area contributed by atoms with Crippen LogP contribution in [0, 0.1) is 20.8 Å². The molecule has 3 heterocycles. The number of hydrogen-bond donors (Lipinski definition) is 2. The van der Waals surface area contributed by atoms with Gasteiger partial charge in [-0.05, 0) is 32.9 Å². The molecule has 2 N–H and O–H groups in total. The Hall–Kier alpha value is -2.47. The normalized spacial score (nSPS) is 12.5. The van der Waals surface area contributed by atoms with Crippen LogP contribution in [0.4, 0.5) is 5.82 Å². The summed E-state index contributed by atoms with van der Waals surface area (Å²) in [5.74, 6) is 0.814. The quantitative estimate of drug-likeness (QED) is 0.772. The Kier molecular flexibility index (Phi) is 3.77. The van der Waals surface area contributed by atoms with Crippen LogP contribution in [0.15, 0.2) is 30.5 Å². The second-order valence-electron chi connectivity index (χ2n) is 5.38. The maximum Gasteiger partial charge on any atom is 0.160 e. The molecule has 0 bridgehead atoms. The number of aryl methyl sites for hydroxylation is 3. The molecule has 0 aromatic carbocycles. The van der Waals surface area contributed by atoms with Crippen molar-refractivity contribution in [1.29, 1.82) is 0 Å². The zero-order valence-corrected chi connectivity index (χ0v) is 12.9. The van der Waals surface area contributed by atoms with Gasteiger partial charge in [0.05, 0.1) is 11.4 Å². The zero-order chi connectivity index (χ0) is 15.7. The number of pyridine rings is 1. The molecule has 0 aliphatic heterocycles. The fourth-order valence-corrected chi connectivity index (χ4v) is 2.36. The van der Waals surface area contributed by atoms with Gasteiger partial charge in [-0.25, -0.2) is 4.98 Å². The van der Waals surface area contributed by atoms with Gasteiger partial charge in [-0.3, -0.25) is 4.98 Å². The van der Waals surface area contributed by atoms with E-state index in [2.05, 4.69) is 20.4 Å². The van der Waals surface area contributed by atoms with E-state index in [4.69, 9.17) is 0 Å². The molecule has 3 aromatic rings. The second-order valence-corrected chi connectivity index (χ2v) is 5.38.